The van der Waals surface area contributed by atoms with Gasteiger partial charge in [0.2, 0.25) is 0 Å². The van der Waals surface area contributed by atoms with Crippen molar-refractivity contribution < 1.29 is 28.6 Å². The van der Waals surface area contributed by atoms with Crippen LogP contribution in [0.1, 0.15) is 239 Å². The van der Waals surface area contributed by atoms with Gasteiger partial charge in [0.05, 0.1) is 0 Å². The second-order valence-electron chi connectivity index (χ2n) is 14.6. The van der Waals surface area contributed by atoms with Crippen molar-refractivity contribution in [1.82, 2.24) is 0 Å². The molecule has 0 unspecified atom stereocenters. The minimum atomic E-state index is -0.756. The molecule has 0 aliphatic rings. The maximum absolute atomic E-state index is 12.6. The summed E-state index contributed by atoms with van der Waals surface area (Å²) in [5.74, 6) is -0.862. The zero-order valence-electron chi connectivity index (χ0n) is 33.0. The van der Waals surface area contributed by atoms with Crippen molar-refractivity contribution in [2.75, 3.05) is 13.2 Å². The molecule has 0 amide bonds. The monoisotopic (exact) mass is 695 g/mol. The van der Waals surface area contributed by atoms with E-state index in [0.717, 1.165) is 57.8 Å². The third-order valence-corrected chi connectivity index (χ3v) is 9.61. The number of esters is 3. The molecule has 0 saturated carbocycles. The molecule has 6 nitrogen and oxygen atoms in total. The Hall–Kier alpha value is -1.59. The molecule has 1 atom stereocenters. The van der Waals surface area contributed by atoms with Crippen LogP contribution < -0.4 is 0 Å². The fourth-order valence-corrected chi connectivity index (χ4v) is 6.32. The predicted molar refractivity (Wildman–Crippen MR) is 206 cm³/mol. The van der Waals surface area contributed by atoms with Crippen molar-refractivity contribution in [3.63, 3.8) is 0 Å². The first-order chi connectivity index (χ1) is 24.0. The summed E-state index contributed by atoms with van der Waals surface area (Å²) in [6.45, 7) is 6.59. The smallest absolute Gasteiger partial charge is 0.306 e. The molecule has 0 spiro atoms. The van der Waals surface area contributed by atoms with Crippen LogP contribution in [0, 0.1) is 0 Å². The maximum atomic E-state index is 12.6. The second kappa shape index (κ2) is 39.2. The van der Waals surface area contributed by atoms with E-state index in [-0.39, 0.29) is 31.1 Å². The number of ether oxygens (including phenoxy) is 3. The molecule has 0 bridgehead atoms. The van der Waals surface area contributed by atoms with Crippen LogP contribution in [0.3, 0.4) is 0 Å². The highest BCUT2D eigenvalue weighted by Gasteiger charge is 2.19. The number of carbonyl (C=O) groups is 3. The van der Waals surface area contributed by atoms with Gasteiger partial charge in [-0.15, -0.1) is 0 Å². The Morgan fingerprint density at radius 2 is 0.551 bits per heavy atom. The lowest BCUT2D eigenvalue weighted by Crippen LogP contribution is -2.30. The van der Waals surface area contributed by atoms with Crippen LogP contribution in [0.2, 0.25) is 0 Å². The fraction of sp³-hybridized carbons (Fsp3) is 0.930. The van der Waals surface area contributed by atoms with Crippen LogP contribution in [0.25, 0.3) is 0 Å². The molecule has 0 aromatic carbocycles. The van der Waals surface area contributed by atoms with Gasteiger partial charge in [0.25, 0.3) is 0 Å². The van der Waals surface area contributed by atoms with Gasteiger partial charge in [0.1, 0.15) is 13.2 Å². The Labute approximate surface area is 304 Å². The van der Waals surface area contributed by atoms with Crippen molar-refractivity contribution >= 4 is 17.9 Å². The summed E-state index contributed by atoms with van der Waals surface area (Å²) in [4.78, 5) is 37.5. The van der Waals surface area contributed by atoms with E-state index < -0.39 is 6.10 Å². The molecule has 0 aliphatic heterocycles. The predicted octanol–water partition coefficient (Wildman–Crippen LogP) is 13.3. The van der Waals surface area contributed by atoms with Crippen molar-refractivity contribution in [1.29, 1.82) is 0 Å². The van der Waals surface area contributed by atoms with Crippen LogP contribution >= 0.6 is 0 Å². The lowest BCUT2D eigenvalue weighted by atomic mass is 10.0. The minimum absolute atomic E-state index is 0.0635. The Kier molecular flexibility index (Phi) is 37.9. The summed E-state index contributed by atoms with van der Waals surface area (Å²) in [7, 11) is 0. The number of rotatable bonds is 39. The number of carbonyl (C=O) groups excluding carboxylic acids is 3. The van der Waals surface area contributed by atoms with Crippen LogP contribution in [0.4, 0.5) is 0 Å². The standard InChI is InChI=1S/C43H82O6/c1-4-7-10-13-16-18-20-21-23-24-27-30-33-36-42(45)48-39-40(38-47-41(44)35-32-29-26-15-12-9-6-3)49-43(46)37-34-31-28-25-22-19-17-14-11-8-5-2/h40H,4-39H2,1-3H3/t40-/m1/s1. The van der Waals surface area contributed by atoms with Gasteiger partial charge in [-0.05, 0) is 19.3 Å². The van der Waals surface area contributed by atoms with Crippen LogP contribution in [0.5, 0.6) is 0 Å². The third-order valence-electron chi connectivity index (χ3n) is 9.61. The summed E-state index contributed by atoms with van der Waals surface area (Å²) in [6.07, 6.45) is 38.0. The average Bonchev–Trinajstić information content (AvgIpc) is 3.10. The van der Waals surface area contributed by atoms with Crippen LogP contribution in [-0.2, 0) is 28.6 Å². The highest BCUT2D eigenvalue weighted by Crippen LogP contribution is 2.15. The van der Waals surface area contributed by atoms with Crippen molar-refractivity contribution in [3.8, 4) is 0 Å². The zero-order chi connectivity index (χ0) is 35.9. The fourth-order valence-electron chi connectivity index (χ4n) is 6.32. The molecule has 0 heterocycles. The SMILES string of the molecule is CCCCCCCCCCCCCCCC(=O)OC[C@@H](COC(=O)CCCCCCCCC)OC(=O)CCCCCCCCCCCCC. The van der Waals surface area contributed by atoms with E-state index in [9.17, 15) is 14.4 Å². The summed E-state index contributed by atoms with van der Waals surface area (Å²) < 4.78 is 16.6. The molecule has 49 heavy (non-hydrogen) atoms. The number of hydrogen-bond acceptors (Lipinski definition) is 6. The molecule has 6 heteroatoms. The Morgan fingerprint density at radius 3 is 0.816 bits per heavy atom. The van der Waals surface area contributed by atoms with Gasteiger partial charge in [-0.25, -0.2) is 0 Å². The van der Waals surface area contributed by atoms with Gasteiger partial charge in [0, 0.05) is 19.3 Å². The Bertz CT molecular complexity index is 723. The molecule has 0 aromatic rings. The van der Waals surface area contributed by atoms with E-state index >= 15 is 0 Å². The van der Waals surface area contributed by atoms with Gasteiger partial charge >= 0.3 is 17.9 Å². The van der Waals surface area contributed by atoms with E-state index in [1.165, 1.54) is 141 Å². The molecule has 0 rings (SSSR count). The van der Waals surface area contributed by atoms with E-state index in [0.29, 0.717) is 19.3 Å². The first-order valence-electron chi connectivity index (χ1n) is 21.5. The molecule has 0 N–H and O–H groups in total. The van der Waals surface area contributed by atoms with E-state index in [1.807, 2.05) is 0 Å². The first kappa shape index (κ1) is 47.4. The van der Waals surface area contributed by atoms with Crippen molar-refractivity contribution in [3.05, 3.63) is 0 Å². The quantitative estimate of drug-likeness (QED) is 0.0362. The third kappa shape index (κ3) is 37.5. The van der Waals surface area contributed by atoms with E-state index in [4.69, 9.17) is 14.2 Å². The molecule has 0 aromatic heterocycles. The number of unbranched alkanes of at least 4 members (excludes halogenated alkanes) is 28. The van der Waals surface area contributed by atoms with Crippen molar-refractivity contribution in [2.45, 2.75) is 245 Å². The highest BCUT2D eigenvalue weighted by atomic mass is 16.6. The second-order valence-corrected chi connectivity index (χ2v) is 14.6. The minimum Gasteiger partial charge on any atom is -0.462 e. The van der Waals surface area contributed by atoms with Gasteiger partial charge in [-0.3, -0.25) is 14.4 Å². The summed E-state index contributed by atoms with van der Waals surface area (Å²) in [6, 6.07) is 0. The number of hydrogen-bond donors (Lipinski definition) is 0. The first-order valence-corrected chi connectivity index (χ1v) is 21.5. The van der Waals surface area contributed by atoms with E-state index in [2.05, 4.69) is 20.8 Å². The lowest BCUT2D eigenvalue weighted by molar-refractivity contribution is -0.167. The molecule has 0 radical (unpaired) electrons. The van der Waals surface area contributed by atoms with Gasteiger partial charge in [-0.2, -0.15) is 0 Å². The molecule has 0 fully saturated rings. The molecular formula is C43H82O6. The molecule has 0 saturated heterocycles. The van der Waals surface area contributed by atoms with Gasteiger partial charge < -0.3 is 14.2 Å². The molecule has 290 valence electrons. The Balaban J connectivity index is 4.28. The van der Waals surface area contributed by atoms with Gasteiger partial charge in [-0.1, -0.05) is 201 Å². The summed E-state index contributed by atoms with van der Waals surface area (Å²) in [5, 5.41) is 0. The lowest BCUT2D eigenvalue weighted by Gasteiger charge is -2.18. The highest BCUT2D eigenvalue weighted by molar-refractivity contribution is 5.71. The maximum Gasteiger partial charge on any atom is 0.306 e. The van der Waals surface area contributed by atoms with Crippen molar-refractivity contribution in [2.24, 2.45) is 0 Å². The average molecular weight is 695 g/mol. The molecule has 0 aliphatic carbocycles. The van der Waals surface area contributed by atoms with Crippen LogP contribution in [0.15, 0.2) is 0 Å². The van der Waals surface area contributed by atoms with Crippen LogP contribution in [-0.4, -0.2) is 37.2 Å². The normalized spacial score (nSPS) is 11.8. The Morgan fingerprint density at radius 1 is 0.327 bits per heavy atom. The largest absolute Gasteiger partial charge is 0.462 e. The van der Waals surface area contributed by atoms with Gasteiger partial charge in [0.15, 0.2) is 6.10 Å². The summed E-state index contributed by atoms with van der Waals surface area (Å²) >= 11 is 0. The topological polar surface area (TPSA) is 78.9 Å². The van der Waals surface area contributed by atoms with E-state index in [1.54, 1.807) is 0 Å². The molecular weight excluding hydrogens is 612 g/mol. The zero-order valence-corrected chi connectivity index (χ0v) is 33.0. The summed E-state index contributed by atoms with van der Waals surface area (Å²) in [5.41, 5.74) is 0.